The van der Waals surface area contributed by atoms with Gasteiger partial charge in [-0.25, -0.2) is 4.99 Å². The van der Waals surface area contributed by atoms with Crippen molar-refractivity contribution in [2.45, 2.75) is 76.6 Å². The third kappa shape index (κ3) is 5.16. The minimum atomic E-state index is 0.401. The van der Waals surface area contributed by atoms with Crippen LogP contribution in [-0.2, 0) is 6.54 Å². The van der Waals surface area contributed by atoms with Crippen LogP contribution >= 0.6 is 0 Å². The van der Waals surface area contributed by atoms with E-state index >= 15 is 0 Å². The second kappa shape index (κ2) is 8.96. The smallest absolute Gasteiger partial charge is 0.191 e. The molecule has 5 heteroatoms. The van der Waals surface area contributed by atoms with Gasteiger partial charge < -0.3 is 20.3 Å². The van der Waals surface area contributed by atoms with E-state index < -0.39 is 0 Å². The fourth-order valence-corrected chi connectivity index (χ4v) is 3.94. The minimum Gasteiger partial charge on any atom is -0.490 e. The SMILES string of the molecule is CCNC(=NCc1ccccc1OC1CCC1)NC1CCN(C2CC2)CC1. The molecule has 0 radical (unpaired) electrons. The molecule has 1 saturated heterocycles. The number of ether oxygens (including phenoxy) is 1. The van der Waals surface area contributed by atoms with Crippen molar-refractivity contribution in [2.75, 3.05) is 19.6 Å². The number of rotatable bonds is 7. The Balaban J connectivity index is 1.33. The zero-order valence-corrected chi connectivity index (χ0v) is 16.6. The number of para-hydroxylation sites is 1. The van der Waals surface area contributed by atoms with Crippen LogP contribution in [0.5, 0.6) is 5.75 Å². The van der Waals surface area contributed by atoms with E-state index in [-0.39, 0.29) is 0 Å². The summed E-state index contributed by atoms with van der Waals surface area (Å²) in [4.78, 5) is 7.52. The van der Waals surface area contributed by atoms with Crippen LogP contribution in [0.25, 0.3) is 0 Å². The molecule has 1 aliphatic heterocycles. The van der Waals surface area contributed by atoms with Gasteiger partial charge in [0.1, 0.15) is 5.75 Å². The molecule has 5 nitrogen and oxygen atoms in total. The predicted octanol–water partition coefficient (Wildman–Crippen LogP) is 3.30. The molecule has 0 atom stereocenters. The van der Waals surface area contributed by atoms with E-state index in [0.29, 0.717) is 18.7 Å². The maximum atomic E-state index is 6.15. The Morgan fingerprint density at radius 2 is 1.89 bits per heavy atom. The van der Waals surface area contributed by atoms with Crippen molar-refractivity contribution < 1.29 is 4.74 Å². The van der Waals surface area contributed by atoms with Crippen molar-refractivity contribution in [3.05, 3.63) is 29.8 Å². The van der Waals surface area contributed by atoms with Crippen LogP contribution in [0.4, 0.5) is 0 Å². The van der Waals surface area contributed by atoms with Crippen molar-refractivity contribution in [1.29, 1.82) is 0 Å². The molecule has 0 amide bonds. The normalized spacial score (nSPS) is 22.3. The molecule has 1 aromatic carbocycles. The number of piperidine rings is 1. The molecule has 1 heterocycles. The summed E-state index contributed by atoms with van der Waals surface area (Å²) < 4.78 is 6.15. The van der Waals surface area contributed by atoms with Gasteiger partial charge in [0.2, 0.25) is 0 Å². The van der Waals surface area contributed by atoms with E-state index in [1.165, 1.54) is 63.6 Å². The number of likely N-dealkylation sites (tertiary alicyclic amines) is 1. The molecule has 0 bridgehead atoms. The van der Waals surface area contributed by atoms with Crippen LogP contribution in [0, 0.1) is 0 Å². The lowest BCUT2D eigenvalue weighted by Crippen LogP contribution is -2.49. The number of nitrogens with zero attached hydrogens (tertiary/aromatic N) is 2. The monoisotopic (exact) mass is 370 g/mol. The lowest BCUT2D eigenvalue weighted by atomic mass is 9.96. The third-order valence-corrected chi connectivity index (χ3v) is 6.00. The highest BCUT2D eigenvalue weighted by Crippen LogP contribution is 2.29. The molecular weight excluding hydrogens is 336 g/mol. The highest BCUT2D eigenvalue weighted by atomic mass is 16.5. The maximum Gasteiger partial charge on any atom is 0.191 e. The van der Waals surface area contributed by atoms with Gasteiger partial charge in [-0.3, -0.25) is 0 Å². The number of guanidine groups is 1. The zero-order valence-electron chi connectivity index (χ0n) is 16.6. The van der Waals surface area contributed by atoms with E-state index in [2.05, 4.69) is 46.7 Å². The zero-order chi connectivity index (χ0) is 18.5. The quantitative estimate of drug-likeness (QED) is 0.571. The molecule has 2 aliphatic carbocycles. The number of nitrogens with one attached hydrogen (secondary N) is 2. The Morgan fingerprint density at radius 3 is 2.56 bits per heavy atom. The van der Waals surface area contributed by atoms with Gasteiger partial charge in [-0.1, -0.05) is 18.2 Å². The van der Waals surface area contributed by atoms with Gasteiger partial charge in [-0.15, -0.1) is 0 Å². The third-order valence-electron chi connectivity index (χ3n) is 6.00. The first-order valence-corrected chi connectivity index (χ1v) is 10.9. The van der Waals surface area contributed by atoms with Gasteiger partial charge in [0.05, 0.1) is 12.6 Å². The molecule has 0 unspecified atom stereocenters. The lowest BCUT2D eigenvalue weighted by molar-refractivity contribution is 0.119. The largest absolute Gasteiger partial charge is 0.490 e. The van der Waals surface area contributed by atoms with Crippen LogP contribution in [0.3, 0.4) is 0 Å². The Labute approximate surface area is 163 Å². The summed E-state index contributed by atoms with van der Waals surface area (Å²) >= 11 is 0. The Hall–Kier alpha value is -1.75. The van der Waals surface area contributed by atoms with Crippen LogP contribution in [0.1, 0.15) is 57.4 Å². The van der Waals surface area contributed by atoms with Gasteiger partial charge in [0, 0.05) is 37.3 Å². The summed E-state index contributed by atoms with van der Waals surface area (Å²) in [5.41, 5.74) is 1.17. The Morgan fingerprint density at radius 1 is 1.11 bits per heavy atom. The van der Waals surface area contributed by atoms with Crippen molar-refractivity contribution in [3.8, 4) is 5.75 Å². The molecular formula is C22H34N4O. The summed E-state index contributed by atoms with van der Waals surface area (Å²) in [7, 11) is 0. The Kier molecular flexibility index (Phi) is 6.17. The first-order valence-electron chi connectivity index (χ1n) is 10.9. The van der Waals surface area contributed by atoms with Gasteiger partial charge in [-0.05, 0) is 57.9 Å². The second-order valence-corrected chi connectivity index (χ2v) is 8.16. The minimum absolute atomic E-state index is 0.401. The molecule has 3 fully saturated rings. The average Bonchev–Trinajstić information content (AvgIpc) is 3.49. The molecule has 3 aliphatic rings. The van der Waals surface area contributed by atoms with Crippen molar-refractivity contribution in [1.82, 2.24) is 15.5 Å². The first kappa shape index (κ1) is 18.6. The molecule has 2 N–H and O–H groups in total. The predicted molar refractivity (Wildman–Crippen MR) is 110 cm³/mol. The van der Waals surface area contributed by atoms with Crippen molar-refractivity contribution >= 4 is 5.96 Å². The van der Waals surface area contributed by atoms with Gasteiger partial charge in [-0.2, -0.15) is 0 Å². The number of hydrogen-bond donors (Lipinski definition) is 2. The lowest BCUT2D eigenvalue weighted by Gasteiger charge is -2.33. The van der Waals surface area contributed by atoms with E-state index in [1.54, 1.807) is 0 Å². The van der Waals surface area contributed by atoms with Crippen LogP contribution in [0.15, 0.2) is 29.3 Å². The van der Waals surface area contributed by atoms with E-state index in [4.69, 9.17) is 9.73 Å². The average molecular weight is 371 g/mol. The topological polar surface area (TPSA) is 48.9 Å². The number of benzene rings is 1. The van der Waals surface area contributed by atoms with Gasteiger partial charge in [0.25, 0.3) is 0 Å². The fourth-order valence-electron chi connectivity index (χ4n) is 3.94. The molecule has 4 rings (SSSR count). The summed E-state index contributed by atoms with van der Waals surface area (Å²) in [5, 5.41) is 7.07. The molecule has 148 valence electrons. The maximum absolute atomic E-state index is 6.15. The van der Waals surface area contributed by atoms with E-state index in [0.717, 1.165) is 24.3 Å². The first-order chi connectivity index (χ1) is 13.3. The number of hydrogen-bond acceptors (Lipinski definition) is 3. The second-order valence-electron chi connectivity index (χ2n) is 8.16. The highest BCUT2D eigenvalue weighted by Gasteiger charge is 2.31. The highest BCUT2D eigenvalue weighted by molar-refractivity contribution is 5.80. The standard InChI is InChI=1S/C22H34N4O/c1-2-23-22(25-18-12-14-26(15-13-18)19-10-11-19)24-16-17-6-3-4-9-21(17)27-20-7-5-8-20/h3-4,6,9,18-20H,2,5,7-8,10-16H2,1H3,(H2,23,24,25). The van der Waals surface area contributed by atoms with E-state index in [1.807, 2.05) is 0 Å². The fraction of sp³-hybridized carbons (Fsp3) is 0.682. The van der Waals surface area contributed by atoms with Crippen molar-refractivity contribution in [2.24, 2.45) is 4.99 Å². The number of aliphatic imine (C=N–C) groups is 1. The summed E-state index contributed by atoms with van der Waals surface area (Å²) in [6.45, 7) is 6.10. The summed E-state index contributed by atoms with van der Waals surface area (Å²) in [6.07, 6.45) is 9.29. The van der Waals surface area contributed by atoms with Gasteiger partial charge >= 0.3 is 0 Å². The molecule has 2 saturated carbocycles. The molecule has 0 aromatic heterocycles. The van der Waals surface area contributed by atoms with Gasteiger partial charge in [0.15, 0.2) is 5.96 Å². The summed E-state index contributed by atoms with van der Waals surface area (Å²) in [5.74, 6) is 1.93. The summed E-state index contributed by atoms with van der Waals surface area (Å²) in [6, 6.07) is 9.76. The van der Waals surface area contributed by atoms with E-state index in [9.17, 15) is 0 Å². The molecule has 1 aromatic rings. The molecule has 0 spiro atoms. The Bertz CT molecular complexity index is 631. The van der Waals surface area contributed by atoms with Crippen LogP contribution in [-0.4, -0.2) is 48.7 Å². The van der Waals surface area contributed by atoms with Crippen LogP contribution in [0.2, 0.25) is 0 Å². The van der Waals surface area contributed by atoms with Crippen LogP contribution < -0.4 is 15.4 Å². The molecule has 27 heavy (non-hydrogen) atoms. The van der Waals surface area contributed by atoms with Crippen molar-refractivity contribution in [3.63, 3.8) is 0 Å².